The van der Waals surface area contributed by atoms with E-state index in [9.17, 15) is 9.59 Å². The van der Waals surface area contributed by atoms with E-state index in [0.717, 1.165) is 37.3 Å². The van der Waals surface area contributed by atoms with Crippen molar-refractivity contribution >= 4 is 17.5 Å². The molecule has 0 spiro atoms. The molecule has 3 heterocycles. The zero-order valence-electron chi connectivity index (χ0n) is 14.8. The molecule has 134 valence electrons. The number of halogens is 1. The number of rotatable bonds is 3. The fourth-order valence-electron chi connectivity index (χ4n) is 3.52. The summed E-state index contributed by atoms with van der Waals surface area (Å²) < 4.78 is 3.55. The Bertz CT molecular complexity index is 829. The van der Waals surface area contributed by atoms with Crippen LogP contribution in [0.2, 0.25) is 5.15 Å². The van der Waals surface area contributed by atoms with Crippen molar-refractivity contribution in [2.75, 3.05) is 13.1 Å². The molecule has 0 aliphatic carbocycles. The van der Waals surface area contributed by atoms with E-state index < -0.39 is 0 Å². The maximum atomic E-state index is 11.9. The Hall–Kier alpha value is -2.08. The monoisotopic (exact) mass is 362 g/mol. The molecule has 0 bridgehead atoms. The number of carbonyl (C=O) groups excluding carboxylic acids is 1. The summed E-state index contributed by atoms with van der Waals surface area (Å²) in [5.41, 5.74) is 1.52. The molecule has 6 nitrogen and oxygen atoms in total. The third-order valence-electron chi connectivity index (χ3n) is 4.83. The predicted molar refractivity (Wildman–Crippen MR) is 97.6 cm³/mol. The van der Waals surface area contributed by atoms with Crippen LogP contribution in [-0.4, -0.2) is 38.0 Å². The Morgan fingerprint density at radius 1 is 1.44 bits per heavy atom. The minimum atomic E-state index is -0.0164. The van der Waals surface area contributed by atoms with Gasteiger partial charge in [0.1, 0.15) is 11.0 Å². The van der Waals surface area contributed by atoms with E-state index in [-0.39, 0.29) is 11.5 Å². The Kier molecular flexibility index (Phi) is 4.99. The van der Waals surface area contributed by atoms with Crippen molar-refractivity contribution in [3.8, 4) is 11.4 Å². The summed E-state index contributed by atoms with van der Waals surface area (Å²) in [4.78, 5) is 29.9. The number of piperidine rings is 1. The van der Waals surface area contributed by atoms with E-state index in [1.165, 1.54) is 0 Å². The fourth-order valence-corrected chi connectivity index (χ4v) is 3.72. The summed E-state index contributed by atoms with van der Waals surface area (Å²) in [5, 5.41) is 0.571. The van der Waals surface area contributed by atoms with Crippen LogP contribution in [0.25, 0.3) is 11.4 Å². The molecule has 0 aromatic carbocycles. The highest BCUT2D eigenvalue weighted by Gasteiger charge is 2.24. The van der Waals surface area contributed by atoms with Crippen molar-refractivity contribution in [2.45, 2.75) is 33.2 Å². The van der Waals surface area contributed by atoms with Crippen LogP contribution < -0.4 is 5.56 Å². The van der Waals surface area contributed by atoms with Gasteiger partial charge in [0.2, 0.25) is 5.91 Å². The maximum Gasteiger partial charge on any atom is 0.253 e. The van der Waals surface area contributed by atoms with Crippen molar-refractivity contribution in [1.82, 2.24) is 19.0 Å². The maximum absolute atomic E-state index is 11.9. The van der Waals surface area contributed by atoms with Crippen LogP contribution in [0.15, 0.2) is 23.3 Å². The number of likely N-dealkylation sites (tertiary alicyclic amines) is 1. The number of carbonyl (C=O) groups is 1. The molecule has 1 fully saturated rings. The number of hydrogen-bond acceptors (Lipinski definition) is 3. The second-order valence-corrected chi connectivity index (χ2v) is 7.20. The van der Waals surface area contributed by atoms with E-state index in [1.54, 1.807) is 37.9 Å². The average Bonchev–Trinajstić information content (AvgIpc) is 2.93. The van der Waals surface area contributed by atoms with Crippen LogP contribution in [0.1, 0.15) is 25.3 Å². The van der Waals surface area contributed by atoms with E-state index >= 15 is 0 Å². The Morgan fingerprint density at radius 3 is 2.88 bits per heavy atom. The van der Waals surface area contributed by atoms with Gasteiger partial charge in [0.25, 0.3) is 5.56 Å². The van der Waals surface area contributed by atoms with E-state index in [4.69, 9.17) is 11.6 Å². The molecule has 2 aromatic heterocycles. The highest BCUT2D eigenvalue weighted by Crippen LogP contribution is 2.26. The van der Waals surface area contributed by atoms with Crippen molar-refractivity contribution in [1.29, 1.82) is 0 Å². The third kappa shape index (κ3) is 3.63. The smallest absolute Gasteiger partial charge is 0.253 e. The highest BCUT2D eigenvalue weighted by atomic mass is 35.5. The number of aromatic nitrogens is 3. The first-order valence-corrected chi connectivity index (χ1v) is 8.88. The average molecular weight is 363 g/mol. The summed E-state index contributed by atoms with van der Waals surface area (Å²) in [7, 11) is 1.74. The number of amides is 1. The SMILES string of the molecule is CC(=O)N1CCC[C@@H](Cn2c(Cl)cnc2-c2cc(C)c(=O)n(C)c2)C1. The fraction of sp³-hybridized carbons (Fsp3) is 0.500. The third-order valence-corrected chi connectivity index (χ3v) is 5.13. The molecular weight excluding hydrogens is 340 g/mol. The van der Waals surface area contributed by atoms with Crippen molar-refractivity contribution in [3.63, 3.8) is 0 Å². The van der Waals surface area contributed by atoms with Gasteiger partial charge in [-0.25, -0.2) is 4.98 Å². The molecule has 0 saturated carbocycles. The van der Waals surface area contributed by atoms with Crippen LogP contribution in [0, 0.1) is 12.8 Å². The summed E-state index contributed by atoms with van der Waals surface area (Å²) >= 11 is 6.38. The molecule has 0 radical (unpaired) electrons. The molecule has 1 saturated heterocycles. The topological polar surface area (TPSA) is 60.1 Å². The van der Waals surface area contributed by atoms with Crippen LogP contribution in [-0.2, 0) is 18.4 Å². The van der Waals surface area contributed by atoms with Gasteiger partial charge in [-0.15, -0.1) is 0 Å². The molecule has 0 unspecified atom stereocenters. The van der Waals surface area contributed by atoms with Crippen LogP contribution in [0.5, 0.6) is 0 Å². The zero-order chi connectivity index (χ0) is 18.1. The van der Waals surface area contributed by atoms with E-state index in [2.05, 4.69) is 4.98 Å². The first-order chi connectivity index (χ1) is 11.9. The molecular formula is C18H23ClN4O2. The minimum Gasteiger partial charge on any atom is -0.343 e. The number of hydrogen-bond donors (Lipinski definition) is 0. The molecule has 25 heavy (non-hydrogen) atoms. The molecule has 3 rings (SSSR count). The van der Waals surface area contributed by atoms with Gasteiger partial charge < -0.3 is 14.0 Å². The van der Waals surface area contributed by atoms with E-state index in [0.29, 0.717) is 23.2 Å². The first kappa shape index (κ1) is 17.7. The normalized spacial score (nSPS) is 17.8. The second kappa shape index (κ2) is 7.04. The molecule has 1 amide bonds. The quantitative estimate of drug-likeness (QED) is 0.842. The lowest BCUT2D eigenvalue weighted by Crippen LogP contribution is -2.39. The van der Waals surface area contributed by atoms with E-state index in [1.807, 2.05) is 15.5 Å². The van der Waals surface area contributed by atoms with Crippen LogP contribution >= 0.6 is 11.6 Å². The lowest BCUT2D eigenvalue weighted by atomic mass is 9.97. The number of pyridine rings is 1. The summed E-state index contributed by atoms with van der Waals surface area (Å²) in [6.45, 7) is 5.70. The Labute approximate surface area is 152 Å². The largest absolute Gasteiger partial charge is 0.343 e. The van der Waals surface area contributed by atoms with Gasteiger partial charge in [-0.05, 0) is 31.7 Å². The minimum absolute atomic E-state index is 0.0164. The van der Waals surface area contributed by atoms with Crippen LogP contribution in [0.4, 0.5) is 0 Å². The van der Waals surface area contributed by atoms with Gasteiger partial charge in [0.05, 0.1) is 6.20 Å². The van der Waals surface area contributed by atoms with Gasteiger partial charge >= 0.3 is 0 Å². The number of nitrogens with zero attached hydrogens (tertiary/aromatic N) is 4. The lowest BCUT2D eigenvalue weighted by Gasteiger charge is -2.32. The molecule has 7 heteroatoms. The summed E-state index contributed by atoms with van der Waals surface area (Å²) in [6.07, 6.45) is 5.49. The second-order valence-electron chi connectivity index (χ2n) is 6.82. The zero-order valence-corrected chi connectivity index (χ0v) is 15.6. The van der Waals surface area contributed by atoms with Crippen molar-refractivity contribution in [2.24, 2.45) is 13.0 Å². The van der Waals surface area contributed by atoms with Gasteiger partial charge in [-0.2, -0.15) is 0 Å². The van der Waals surface area contributed by atoms with Gasteiger partial charge in [-0.1, -0.05) is 11.6 Å². The molecule has 1 aliphatic rings. The molecule has 2 aromatic rings. The number of imidazole rings is 1. The predicted octanol–water partition coefficient (Wildman–Crippen LogP) is 2.47. The Morgan fingerprint density at radius 2 is 2.20 bits per heavy atom. The van der Waals surface area contributed by atoms with Gasteiger partial charge in [-0.3, -0.25) is 9.59 Å². The van der Waals surface area contributed by atoms with Crippen LogP contribution in [0.3, 0.4) is 0 Å². The number of aryl methyl sites for hydroxylation is 2. The Balaban J connectivity index is 1.90. The summed E-state index contributed by atoms with van der Waals surface area (Å²) in [5.74, 6) is 1.22. The summed E-state index contributed by atoms with van der Waals surface area (Å²) in [6, 6.07) is 1.85. The molecule has 1 aliphatic heterocycles. The highest BCUT2D eigenvalue weighted by molar-refractivity contribution is 6.29. The van der Waals surface area contributed by atoms with Gasteiger partial charge in [0.15, 0.2) is 0 Å². The molecule has 1 atom stereocenters. The first-order valence-electron chi connectivity index (χ1n) is 8.51. The lowest BCUT2D eigenvalue weighted by molar-refractivity contribution is -0.130. The standard InChI is InChI=1S/C18H23ClN4O2/c1-12-7-15(11-21(3)18(12)25)17-20-8-16(19)23(17)10-14-5-4-6-22(9-14)13(2)24/h7-8,11,14H,4-6,9-10H2,1-3H3/t14-/m1/s1. The van der Waals surface area contributed by atoms with Gasteiger partial charge in [0, 0.05) is 50.9 Å². The van der Waals surface area contributed by atoms with Crippen molar-refractivity contribution < 1.29 is 4.79 Å². The molecule has 0 N–H and O–H groups in total. The van der Waals surface area contributed by atoms with Crippen molar-refractivity contribution in [3.05, 3.63) is 39.5 Å².